The number of amides is 3. The zero-order chi connectivity index (χ0) is 20.2. The number of benzene rings is 2. The van der Waals surface area contributed by atoms with Gasteiger partial charge >= 0.3 is 6.03 Å². The van der Waals surface area contributed by atoms with Crippen LogP contribution in [0.5, 0.6) is 5.75 Å². The van der Waals surface area contributed by atoms with Crippen LogP contribution in [0.2, 0.25) is 0 Å². The van der Waals surface area contributed by atoms with E-state index in [0.29, 0.717) is 19.7 Å². The topological polar surface area (TPSA) is 61.9 Å². The maximum absolute atomic E-state index is 12.9. The van der Waals surface area contributed by atoms with Gasteiger partial charge in [-0.3, -0.25) is 9.69 Å². The standard InChI is InChI=1S/C23H27N3O3/c1-2-29-19-12-10-18(11-13-19)21-9-6-14-25(21)16-26-22(27)20(24-23(26)28)15-17-7-4-3-5-8-17/h3-5,7-8,10-13,20-21H,2,6,9,14-16H2,1H3,(H,24,28)/t20-,21-/m1/s1. The van der Waals surface area contributed by atoms with Crippen molar-refractivity contribution in [2.24, 2.45) is 0 Å². The molecule has 0 bridgehead atoms. The molecule has 0 spiro atoms. The fourth-order valence-corrected chi connectivity index (χ4v) is 4.21. The van der Waals surface area contributed by atoms with Gasteiger partial charge in [-0.15, -0.1) is 0 Å². The molecule has 2 atom stereocenters. The Bertz CT molecular complexity index is 853. The lowest BCUT2D eigenvalue weighted by molar-refractivity contribution is -0.129. The number of hydrogen-bond donors (Lipinski definition) is 1. The molecule has 0 radical (unpaired) electrons. The summed E-state index contributed by atoms with van der Waals surface area (Å²) in [7, 11) is 0. The van der Waals surface area contributed by atoms with Gasteiger partial charge in [0.05, 0.1) is 13.3 Å². The van der Waals surface area contributed by atoms with Gasteiger partial charge in [0, 0.05) is 19.0 Å². The Morgan fingerprint density at radius 2 is 1.83 bits per heavy atom. The number of nitrogens with zero attached hydrogens (tertiary/aromatic N) is 2. The Hall–Kier alpha value is -2.86. The molecule has 0 aliphatic carbocycles. The maximum atomic E-state index is 12.9. The third-order valence-corrected chi connectivity index (χ3v) is 5.65. The molecule has 2 heterocycles. The summed E-state index contributed by atoms with van der Waals surface area (Å²) in [6, 6.07) is 17.3. The Morgan fingerprint density at radius 1 is 1.07 bits per heavy atom. The molecular weight excluding hydrogens is 366 g/mol. The number of carbonyl (C=O) groups excluding carboxylic acids is 2. The molecule has 0 unspecified atom stereocenters. The van der Waals surface area contributed by atoms with Crippen molar-refractivity contribution < 1.29 is 14.3 Å². The van der Waals surface area contributed by atoms with Crippen molar-refractivity contribution in [1.82, 2.24) is 15.1 Å². The first-order chi connectivity index (χ1) is 14.2. The highest BCUT2D eigenvalue weighted by Crippen LogP contribution is 2.33. The van der Waals surface area contributed by atoms with Crippen LogP contribution in [0.1, 0.15) is 36.9 Å². The summed E-state index contributed by atoms with van der Waals surface area (Å²) in [5.41, 5.74) is 2.24. The smallest absolute Gasteiger partial charge is 0.325 e. The minimum absolute atomic E-state index is 0.142. The first-order valence-electron chi connectivity index (χ1n) is 10.3. The molecule has 152 valence electrons. The average Bonchev–Trinajstić information content (AvgIpc) is 3.30. The van der Waals surface area contributed by atoms with E-state index in [-0.39, 0.29) is 18.0 Å². The van der Waals surface area contributed by atoms with E-state index >= 15 is 0 Å². The molecular formula is C23H27N3O3. The Balaban J connectivity index is 1.42. The van der Waals surface area contributed by atoms with E-state index in [0.717, 1.165) is 30.7 Å². The van der Waals surface area contributed by atoms with Gasteiger partial charge in [-0.25, -0.2) is 9.69 Å². The number of carbonyl (C=O) groups is 2. The SMILES string of the molecule is CCOc1ccc([C@H]2CCCN2CN2C(=O)N[C@H](Cc3ccccc3)C2=O)cc1. The molecule has 0 saturated carbocycles. The first-order valence-corrected chi connectivity index (χ1v) is 10.3. The van der Waals surface area contributed by atoms with E-state index in [1.165, 1.54) is 10.5 Å². The van der Waals surface area contributed by atoms with Gasteiger partial charge in [-0.1, -0.05) is 42.5 Å². The van der Waals surface area contributed by atoms with Gasteiger partial charge in [0.25, 0.3) is 5.91 Å². The van der Waals surface area contributed by atoms with Crippen molar-refractivity contribution >= 4 is 11.9 Å². The second-order valence-corrected chi connectivity index (χ2v) is 7.57. The van der Waals surface area contributed by atoms with Crippen LogP contribution in [0.4, 0.5) is 4.79 Å². The molecule has 4 rings (SSSR count). The molecule has 6 heteroatoms. The highest BCUT2D eigenvalue weighted by atomic mass is 16.5. The zero-order valence-corrected chi connectivity index (χ0v) is 16.7. The van der Waals surface area contributed by atoms with E-state index in [2.05, 4.69) is 22.3 Å². The number of nitrogens with one attached hydrogen (secondary N) is 1. The molecule has 2 saturated heterocycles. The number of likely N-dealkylation sites (tertiary alicyclic amines) is 1. The van der Waals surface area contributed by atoms with Gasteiger partial charge in [0.2, 0.25) is 0 Å². The van der Waals surface area contributed by atoms with Gasteiger partial charge in [0.15, 0.2) is 0 Å². The number of rotatable bonds is 7. The highest BCUT2D eigenvalue weighted by molar-refractivity contribution is 6.04. The molecule has 2 aromatic carbocycles. The lowest BCUT2D eigenvalue weighted by Crippen LogP contribution is -2.41. The van der Waals surface area contributed by atoms with Crippen LogP contribution in [0.3, 0.4) is 0 Å². The van der Waals surface area contributed by atoms with Crippen LogP contribution >= 0.6 is 0 Å². The molecule has 0 aromatic heterocycles. The predicted octanol–water partition coefficient (Wildman–Crippen LogP) is 3.34. The van der Waals surface area contributed by atoms with E-state index < -0.39 is 6.04 Å². The first kappa shape index (κ1) is 19.5. The summed E-state index contributed by atoms with van der Waals surface area (Å²) >= 11 is 0. The Labute approximate surface area is 171 Å². The summed E-state index contributed by atoms with van der Waals surface area (Å²) in [5, 5.41) is 2.85. The van der Waals surface area contributed by atoms with Gasteiger partial charge < -0.3 is 10.1 Å². The van der Waals surface area contributed by atoms with Crippen LogP contribution in [0.15, 0.2) is 54.6 Å². The lowest BCUT2D eigenvalue weighted by atomic mass is 10.0. The average molecular weight is 393 g/mol. The number of hydrogen-bond acceptors (Lipinski definition) is 4. The maximum Gasteiger partial charge on any atom is 0.325 e. The lowest BCUT2D eigenvalue weighted by Gasteiger charge is -2.28. The summed E-state index contributed by atoms with van der Waals surface area (Å²) in [6.07, 6.45) is 2.59. The van der Waals surface area contributed by atoms with Crippen molar-refractivity contribution in [2.75, 3.05) is 19.8 Å². The predicted molar refractivity (Wildman–Crippen MR) is 110 cm³/mol. The van der Waals surface area contributed by atoms with Crippen LogP contribution in [0.25, 0.3) is 0 Å². The van der Waals surface area contributed by atoms with Crippen molar-refractivity contribution in [2.45, 2.75) is 38.3 Å². The van der Waals surface area contributed by atoms with Crippen molar-refractivity contribution in [3.8, 4) is 5.75 Å². The molecule has 2 aliphatic heterocycles. The van der Waals surface area contributed by atoms with Crippen LogP contribution in [-0.2, 0) is 11.2 Å². The second kappa shape index (κ2) is 8.66. The van der Waals surface area contributed by atoms with Crippen LogP contribution in [0, 0.1) is 0 Å². The van der Waals surface area contributed by atoms with E-state index in [4.69, 9.17) is 4.74 Å². The largest absolute Gasteiger partial charge is 0.494 e. The molecule has 6 nitrogen and oxygen atoms in total. The number of ether oxygens (including phenoxy) is 1. The highest BCUT2D eigenvalue weighted by Gasteiger charge is 2.40. The Morgan fingerprint density at radius 3 is 2.55 bits per heavy atom. The zero-order valence-electron chi connectivity index (χ0n) is 16.7. The van der Waals surface area contributed by atoms with E-state index in [9.17, 15) is 9.59 Å². The number of urea groups is 1. The molecule has 3 amide bonds. The minimum atomic E-state index is -0.489. The fraction of sp³-hybridized carbons (Fsp3) is 0.391. The normalized spacial score (nSPS) is 22.2. The van der Waals surface area contributed by atoms with E-state index in [1.54, 1.807) is 0 Å². The summed E-state index contributed by atoms with van der Waals surface area (Å²) < 4.78 is 5.53. The molecule has 29 heavy (non-hydrogen) atoms. The summed E-state index contributed by atoms with van der Waals surface area (Å²) in [5.74, 6) is 0.717. The monoisotopic (exact) mass is 393 g/mol. The number of imide groups is 1. The van der Waals surface area contributed by atoms with Crippen molar-refractivity contribution in [1.29, 1.82) is 0 Å². The summed E-state index contributed by atoms with van der Waals surface area (Å²) in [6.45, 7) is 3.81. The van der Waals surface area contributed by atoms with Crippen LogP contribution < -0.4 is 10.1 Å². The third kappa shape index (κ3) is 4.27. The van der Waals surface area contributed by atoms with Gasteiger partial charge in [0.1, 0.15) is 11.8 Å². The molecule has 2 aromatic rings. The third-order valence-electron chi connectivity index (χ3n) is 5.65. The molecule has 1 N–H and O–H groups in total. The molecule has 2 aliphatic rings. The van der Waals surface area contributed by atoms with Crippen LogP contribution in [-0.4, -0.2) is 47.6 Å². The fourth-order valence-electron chi connectivity index (χ4n) is 4.21. The van der Waals surface area contributed by atoms with Crippen molar-refractivity contribution in [3.05, 3.63) is 65.7 Å². The Kier molecular flexibility index (Phi) is 5.81. The summed E-state index contributed by atoms with van der Waals surface area (Å²) in [4.78, 5) is 28.9. The van der Waals surface area contributed by atoms with Gasteiger partial charge in [-0.05, 0) is 43.0 Å². The molecule has 2 fully saturated rings. The van der Waals surface area contributed by atoms with Crippen molar-refractivity contribution in [3.63, 3.8) is 0 Å². The second-order valence-electron chi connectivity index (χ2n) is 7.57. The quantitative estimate of drug-likeness (QED) is 0.733. The van der Waals surface area contributed by atoms with E-state index in [1.807, 2.05) is 49.4 Å². The minimum Gasteiger partial charge on any atom is -0.494 e. The van der Waals surface area contributed by atoms with Gasteiger partial charge in [-0.2, -0.15) is 0 Å².